The average Bonchev–Trinajstić information content (AvgIpc) is 3.43. The summed E-state index contributed by atoms with van der Waals surface area (Å²) >= 11 is 0. The maximum absolute atomic E-state index is 11.3. The number of esters is 1. The molecule has 3 aliphatic rings. The van der Waals surface area contributed by atoms with E-state index >= 15 is 0 Å². The van der Waals surface area contributed by atoms with E-state index in [4.69, 9.17) is 37.9 Å². The van der Waals surface area contributed by atoms with Gasteiger partial charge in [0, 0.05) is 6.42 Å². The standard InChI is InChI=1S/C39H64O11/c1-7-8-15-22-29(23-18-12-10-9-11-13-19-24-30(40)43-6)47-38-36-35(49-39(4,5)50-36)34(27(3)46-38)48-37-32(42)31(41)33(26(2)45-37)44-25-28-20-16-14-17-21-28/h14,16-17,20-21,26-27,29,31-38,41-42H,7-13,15,18-19,22-25H2,1-6H3/t26-,27-,29-,31-,32+,33-,34-,35+,36+,37-,38-/m0/s1. The van der Waals surface area contributed by atoms with E-state index in [0.29, 0.717) is 6.42 Å². The number of hydrogen-bond acceptors (Lipinski definition) is 11. The van der Waals surface area contributed by atoms with Crippen molar-refractivity contribution in [3.63, 3.8) is 0 Å². The molecular weight excluding hydrogens is 644 g/mol. The molecule has 0 unspecified atom stereocenters. The van der Waals surface area contributed by atoms with E-state index in [1.54, 1.807) is 6.92 Å². The molecule has 3 heterocycles. The van der Waals surface area contributed by atoms with E-state index in [2.05, 4.69) is 6.92 Å². The van der Waals surface area contributed by atoms with Crippen LogP contribution < -0.4 is 0 Å². The number of hydrogen-bond donors (Lipinski definition) is 2. The van der Waals surface area contributed by atoms with Gasteiger partial charge in [0.15, 0.2) is 18.4 Å². The second-order valence-corrected chi connectivity index (χ2v) is 14.7. The number of carbonyl (C=O) groups excluding carboxylic acids is 1. The highest BCUT2D eigenvalue weighted by atomic mass is 16.8. The Morgan fingerprint density at radius 1 is 0.800 bits per heavy atom. The summed E-state index contributed by atoms with van der Waals surface area (Å²) in [5, 5.41) is 22.2. The Morgan fingerprint density at radius 2 is 1.40 bits per heavy atom. The molecule has 0 bridgehead atoms. The third kappa shape index (κ3) is 12.2. The summed E-state index contributed by atoms with van der Waals surface area (Å²) in [4.78, 5) is 11.3. The number of rotatable bonds is 21. The first-order valence-corrected chi connectivity index (χ1v) is 19.1. The van der Waals surface area contributed by atoms with Crippen molar-refractivity contribution in [2.75, 3.05) is 7.11 Å². The van der Waals surface area contributed by atoms with Crippen LogP contribution in [-0.2, 0) is 49.3 Å². The van der Waals surface area contributed by atoms with Crippen molar-refractivity contribution in [2.45, 2.75) is 198 Å². The quantitative estimate of drug-likeness (QED) is 0.110. The normalized spacial score (nSPS) is 32.8. The fourth-order valence-electron chi connectivity index (χ4n) is 7.20. The van der Waals surface area contributed by atoms with Crippen molar-refractivity contribution in [1.29, 1.82) is 0 Å². The van der Waals surface area contributed by atoms with Gasteiger partial charge < -0.3 is 48.1 Å². The van der Waals surface area contributed by atoms with Crippen LogP contribution in [0.2, 0.25) is 0 Å². The molecule has 1 aromatic carbocycles. The van der Waals surface area contributed by atoms with Crippen molar-refractivity contribution in [1.82, 2.24) is 0 Å². The highest BCUT2D eigenvalue weighted by molar-refractivity contribution is 5.68. The lowest BCUT2D eigenvalue weighted by molar-refractivity contribution is -0.348. The molecule has 3 aliphatic heterocycles. The van der Waals surface area contributed by atoms with E-state index in [1.807, 2.05) is 51.1 Å². The monoisotopic (exact) mass is 708 g/mol. The number of unbranched alkanes of at least 4 members (excludes halogenated alkanes) is 8. The number of methoxy groups -OCH3 is 1. The molecule has 2 N–H and O–H groups in total. The van der Waals surface area contributed by atoms with Crippen LogP contribution in [0.15, 0.2) is 30.3 Å². The lowest BCUT2D eigenvalue weighted by atomic mass is 9.97. The molecule has 4 rings (SSSR count). The smallest absolute Gasteiger partial charge is 0.305 e. The Kier molecular flexibility index (Phi) is 16.9. The lowest BCUT2D eigenvalue weighted by Gasteiger charge is -2.46. The van der Waals surface area contributed by atoms with Crippen LogP contribution >= 0.6 is 0 Å². The van der Waals surface area contributed by atoms with Gasteiger partial charge in [0.25, 0.3) is 0 Å². The van der Waals surface area contributed by atoms with Gasteiger partial charge in [0.2, 0.25) is 0 Å². The van der Waals surface area contributed by atoms with Crippen LogP contribution in [0.3, 0.4) is 0 Å². The first kappa shape index (κ1) is 41.1. The summed E-state index contributed by atoms with van der Waals surface area (Å²) < 4.78 is 49.2. The van der Waals surface area contributed by atoms with E-state index < -0.39 is 67.2 Å². The van der Waals surface area contributed by atoms with Crippen molar-refractivity contribution in [3.05, 3.63) is 35.9 Å². The molecule has 11 atom stereocenters. The van der Waals surface area contributed by atoms with Crippen LogP contribution in [0.1, 0.15) is 124 Å². The third-order valence-electron chi connectivity index (χ3n) is 10.0. The average molecular weight is 709 g/mol. The van der Waals surface area contributed by atoms with Gasteiger partial charge in [-0.25, -0.2) is 0 Å². The van der Waals surface area contributed by atoms with Gasteiger partial charge >= 0.3 is 5.97 Å². The first-order valence-electron chi connectivity index (χ1n) is 19.1. The fourth-order valence-corrected chi connectivity index (χ4v) is 7.20. The molecule has 0 aromatic heterocycles. The van der Waals surface area contributed by atoms with Crippen LogP contribution in [0.4, 0.5) is 0 Å². The van der Waals surface area contributed by atoms with Crippen LogP contribution in [0, 0.1) is 0 Å². The number of aliphatic hydroxyl groups excluding tert-OH is 2. The molecule has 11 heteroatoms. The first-order chi connectivity index (χ1) is 24.0. The molecule has 50 heavy (non-hydrogen) atoms. The molecule has 286 valence electrons. The van der Waals surface area contributed by atoms with Crippen molar-refractivity contribution in [3.8, 4) is 0 Å². The van der Waals surface area contributed by atoms with Crippen LogP contribution in [0.5, 0.6) is 0 Å². The van der Waals surface area contributed by atoms with Gasteiger partial charge in [0.05, 0.1) is 32.0 Å². The summed E-state index contributed by atoms with van der Waals surface area (Å²) in [6.45, 7) is 9.93. The SMILES string of the molecule is CCCCC[C@@H](CCCCCCCCCC(=O)OC)O[C@@H]1O[C@@H](C)[C@H](O[C@@H]2O[C@@H](C)[C@H](OCc3ccccc3)[C@@H](O)[C@H]2O)[C@H]2OC(C)(C)O[C@@H]12. The van der Waals surface area contributed by atoms with Gasteiger partial charge in [-0.05, 0) is 52.5 Å². The van der Waals surface area contributed by atoms with Gasteiger partial charge in [-0.2, -0.15) is 0 Å². The summed E-state index contributed by atoms with van der Waals surface area (Å²) in [6, 6.07) is 9.68. The molecule has 0 saturated carbocycles. The van der Waals surface area contributed by atoms with Crippen molar-refractivity contribution >= 4 is 5.97 Å². The molecule has 0 amide bonds. The van der Waals surface area contributed by atoms with E-state index in [1.165, 1.54) is 7.11 Å². The highest BCUT2D eigenvalue weighted by Crippen LogP contribution is 2.41. The van der Waals surface area contributed by atoms with Crippen LogP contribution in [0.25, 0.3) is 0 Å². The second-order valence-electron chi connectivity index (χ2n) is 14.7. The zero-order chi connectivity index (χ0) is 36.1. The van der Waals surface area contributed by atoms with E-state index in [-0.39, 0.29) is 18.7 Å². The zero-order valence-electron chi connectivity index (χ0n) is 31.2. The topological polar surface area (TPSA) is 131 Å². The number of fused-ring (bicyclic) bond motifs is 1. The maximum atomic E-state index is 11.3. The van der Waals surface area contributed by atoms with Gasteiger partial charge in [-0.1, -0.05) is 95.0 Å². The predicted octanol–water partition coefficient (Wildman–Crippen LogP) is 6.34. The zero-order valence-corrected chi connectivity index (χ0v) is 31.2. The fraction of sp³-hybridized carbons (Fsp3) is 0.821. The van der Waals surface area contributed by atoms with Crippen molar-refractivity contribution < 1.29 is 52.9 Å². The third-order valence-corrected chi connectivity index (χ3v) is 10.0. The van der Waals surface area contributed by atoms with Crippen molar-refractivity contribution in [2.24, 2.45) is 0 Å². The van der Waals surface area contributed by atoms with Gasteiger partial charge in [0.1, 0.15) is 36.6 Å². The number of benzene rings is 1. The number of ether oxygens (including phenoxy) is 8. The predicted molar refractivity (Wildman–Crippen MR) is 187 cm³/mol. The van der Waals surface area contributed by atoms with E-state index in [9.17, 15) is 15.0 Å². The van der Waals surface area contributed by atoms with Crippen LogP contribution in [-0.4, -0.2) is 96.6 Å². The van der Waals surface area contributed by atoms with Gasteiger partial charge in [-0.15, -0.1) is 0 Å². The molecule has 3 fully saturated rings. The summed E-state index contributed by atoms with van der Waals surface area (Å²) in [5.41, 5.74) is 0.963. The molecule has 1 aromatic rings. The maximum Gasteiger partial charge on any atom is 0.305 e. The minimum absolute atomic E-state index is 0.0246. The largest absolute Gasteiger partial charge is 0.469 e. The van der Waals surface area contributed by atoms with E-state index in [0.717, 1.165) is 82.6 Å². The minimum atomic E-state index is -1.34. The molecule has 3 saturated heterocycles. The summed E-state index contributed by atoms with van der Waals surface area (Å²) in [5.74, 6) is -1.02. The van der Waals surface area contributed by atoms with Gasteiger partial charge in [-0.3, -0.25) is 4.79 Å². The Labute approximate surface area is 299 Å². The molecular formula is C39H64O11. The second kappa shape index (κ2) is 20.5. The Balaban J connectivity index is 1.31. The highest BCUT2D eigenvalue weighted by Gasteiger charge is 2.57. The number of aliphatic hydroxyl groups is 2. The Bertz CT molecular complexity index is 1100. The lowest BCUT2D eigenvalue weighted by Crippen LogP contribution is -2.63. The molecule has 11 nitrogen and oxygen atoms in total. The Morgan fingerprint density at radius 3 is 2.08 bits per heavy atom. The summed E-state index contributed by atoms with van der Waals surface area (Å²) in [7, 11) is 1.44. The molecule has 0 radical (unpaired) electrons. The number of carbonyl (C=O) groups is 1. The Hall–Kier alpha value is -1.67. The molecule has 0 spiro atoms. The summed E-state index contributed by atoms with van der Waals surface area (Å²) in [6.07, 6.45) is 5.57. The minimum Gasteiger partial charge on any atom is -0.469 e. The molecule has 0 aliphatic carbocycles.